The van der Waals surface area contributed by atoms with E-state index in [2.05, 4.69) is 16.1 Å². The molecule has 1 N–H and O–H groups in total. The molecule has 1 aliphatic carbocycles. The van der Waals surface area contributed by atoms with Crippen LogP contribution in [0.5, 0.6) is 0 Å². The van der Waals surface area contributed by atoms with Gasteiger partial charge in [0.05, 0.1) is 17.6 Å². The van der Waals surface area contributed by atoms with Crippen LogP contribution in [0.15, 0.2) is 40.6 Å². The third kappa shape index (κ3) is 3.17. The van der Waals surface area contributed by atoms with Gasteiger partial charge in [-0.05, 0) is 17.5 Å². The molecule has 6 atom stereocenters. The van der Waals surface area contributed by atoms with E-state index in [4.69, 9.17) is 20.6 Å². The highest BCUT2D eigenvalue weighted by molar-refractivity contribution is 5.99. The maximum atomic E-state index is 14.3. The topological polar surface area (TPSA) is 144 Å². The number of esters is 3. The van der Waals surface area contributed by atoms with Crippen molar-refractivity contribution >= 4 is 23.8 Å². The van der Waals surface area contributed by atoms with Gasteiger partial charge in [0.2, 0.25) is 0 Å². The third-order valence-corrected chi connectivity index (χ3v) is 9.61. The largest absolute Gasteiger partial charge is 0.461 e. The Morgan fingerprint density at radius 1 is 1.18 bits per heavy atom. The molecule has 2 spiro atoms. The lowest BCUT2D eigenvalue weighted by Crippen LogP contribution is -2.66. The molecule has 5 aliphatic rings. The van der Waals surface area contributed by atoms with Crippen LogP contribution in [0.1, 0.15) is 63.2 Å². The SMILES string of the molecule is C#CCCC1(CCN2C(=O)[C@H](OC(=O)c3ccccc3)[C@@]34[C@@H]2OC(=O)[C@@]32CC(=O)O[C@H]2C[C@@]4(O)C(C)(C)C)N=N1. The summed E-state index contributed by atoms with van der Waals surface area (Å²) in [6.45, 7) is 5.37. The van der Waals surface area contributed by atoms with Gasteiger partial charge in [-0.2, -0.15) is 10.2 Å². The van der Waals surface area contributed by atoms with Crippen LogP contribution >= 0.6 is 0 Å². The van der Waals surface area contributed by atoms with Crippen molar-refractivity contribution in [2.75, 3.05) is 6.54 Å². The second kappa shape index (κ2) is 8.36. The summed E-state index contributed by atoms with van der Waals surface area (Å²) in [6, 6.07) is 8.13. The first kappa shape index (κ1) is 26.4. The minimum absolute atomic E-state index is 0.0469. The van der Waals surface area contributed by atoms with E-state index in [0.29, 0.717) is 19.3 Å². The van der Waals surface area contributed by atoms with E-state index >= 15 is 0 Å². The normalized spacial score (nSPS) is 36.4. The van der Waals surface area contributed by atoms with E-state index < -0.39 is 76.2 Å². The summed E-state index contributed by atoms with van der Waals surface area (Å²) in [6.07, 6.45) is 2.13. The van der Waals surface area contributed by atoms with Crippen LogP contribution in [0.3, 0.4) is 0 Å². The Morgan fingerprint density at radius 3 is 2.50 bits per heavy atom. The number of likely N-dealkylation sites (tertiary alicyclic amines) is 1. The van der Waals surface area contributed by atoms with Gasteiger partial charge in [-0.25, -0.2) is 4.79 Å². The lowest BCUT2D eigenvalue weighted by Gasteiger charge is -2.51. The molecule has 210 valence electrons. The van der Waals surface area contributed by atoms with Gasteiger partial charge in [0.25, 0.3) is 5.91 Å². The van der Waals surface area contributed by atoms with E-state index in [-0.39, 0.29) is 18.5 Å². The molecule has 1 amide bonds. The van der Waals surface area contributed by atoms with E-state index in [1.165, 1.54) is 4.90 Å². The smallest absolute Gasteiger partial charge is 0.338 e. The van der Waals surface area contributed by atoms with Crippen LogP contribution in [0.4, 0.5) is 0 Å². The molecule has 1 aromatic carbocycles. The molecule has 4 heterocycles. The summed E-state index contributed by atoms with van der Waals surface area (Å²) >= 11 is 0. The lowest BCUT2D eigenvalue weighted by atomic mass is 9.52. The molecular formula is C29H31N3O8. The van der Waals surface area contributed by atoms with Crippen molar-refractivity contribution in [3.63, 3.8) is 0 Å². The van der Waals surface area contributed by atoms with E-state index in [1.54, 1.807) is 51.1 Å². The van der Waals surface area contributed by atoms with Crippen molar-refractivity contribution in [2.24, 2.45) is 26.5 Å². The summed E-state index contributed by atoms with van der Waals surface area (Å²) in [5.41, 5.74) is -6.87. The molecule has 0 unspecified atom stereocenters. The maximum Gasteiger partial charge on any atom is 0.338 e. The molecule has 1 saturated carbocycles. The van der Waals surface area contributed by atoms with Gasteiger partial charge in [-0.1, -0.05) is 39.0 Å². The summed E-state index contributed by atoms with van der Waals surface area (Å²) in [7, 11) is 0. The Balaban J connectivity index is 1.48. The van der Waals surface area contributed by atoms with Gasteiger partial charge in [-0.15, -0.1) is 12.3 Å². The average molecular weight is 550 g/mol. The van der Waals surface area contributed by atoms with Crippen molar-refractivity contribution in [3.8, 4) is 12.3 Å². The highest BCUT2D eigenvalue weighted by Gasteiger charge is 2.93. The molecule has 11 heteroatoms. The van der Waals surface area contributed by atoms with Crippen molar-refractivity contribution in [3.05, 3.63) is 35.9 Å². The average Bonchev–Trinajstić information content (AvgIpc) is 3.37. The van der Waals surface area contributed by atoms with Crippen molar-refractivity contribution in [2.45, 2.75) is 82.6 Å². The van der Waals surface area contributed by atoms with E-state index in [0.717, 1.165) is 0 Å². The number of terminal acetylenes is 1. The number of benzene rings is 1. The summed E-state index contributed by atoms with van der Waals surface area (Å²) in [5.74, 6) is -0.255. The fourth-order valence-electron chi connectivity index (χ4n) is 7.54. The van der Waals surface area contributed by atoms with Gasteiger partial charge in [0.15, 0.2) is 18.0 Å². The van der Waals surface area contributed by atoms with Crippen molar-refractivity contribution in [1.29, 1.82) is 0 Å². The molecule has 4 fully saturated rings. The predicted molar refractivity (Wildman–Crippen MR) is 136 cm³/mol. The first-order valence-electron chi connectivity index (χ1n) is 13.4. The Labute approximate surface area is 231 Å². The number of aliphatic hydroxyl groups is 1. The zero-order chi connectivity index (χ0) is 28.7. The summed E-state index contributed by atoms with van der Waals surface area (Å²) in [5, 5.41) is 20.9. The monoisotopic (exact) mass is 549 g/mol. The molecule has 0 radical (unpaired) electrons. The van der Waals surface area contributed by atoms with Gasteiger partial charge < -0.3 is 24.2 Å². The van der Waals surface area contributed by atoms with Crippen LogP contribution in [0.2, 0.25) is 0 Å². The van der Waals surface area contributed by atoms with Crippen molar-refractivity contribution in [1.82, 2.24) is 4.90 Å². The zero-order valence-electron chi connectivity index (χ0n) is 22.6. The van der Waals surface area contributed by atoms with Gasteiger partial charge in [0, 0.05) is 32.2 Å². The molecular weight excluding hydrogens is 518 g/mol. The van der Waals surface area contributed by atoms with E-state index in [1.807, 2.05) is 0 Å². The number of nitrogens with zero attached hydrogens (tertiary/aromatic N) is 3. The molecule has 0 aromatic heterocycles. The van der Waals surface area contributed by atoms with Crippen LogP contribution < -0.4 is 0 Å². The third-order valence-electron chi connectivity index (χ3n) is 9.61. The fourth-order valence-corrected chi connectivity index (χ4v) is 7.54. The number of carbonyl (C=O) groups is 4. The van der Waals surface area contributed by atoms with E-state index in [9.17, 15) is 24.3 Å². The quantitative estimate of drug-likeness (QED) is 0.310. The summed E-state index contributed by atoms with van der Waals surface area (Å²) in [4.78, 5) is 55.6. The molecule has 6 rings (SSSR count). The van der Waals surface area contributed by atoms with Gasteiger partial charge >= 0.3 is 17.9 Å². The maximum absolute atomic E-state index is 14.3. The van der Waals surface area contributed by atoms with Crippen LogP contribution in [0, 0.1) is 28.6 Å². The minimum Gasteiger partial charge on any atom is -0.461 e. The molecule has 40 heavy (non-hydrogen) atoms. The Morgan fingerprint density at radius 2 is 1.88 bits per heavy atom. The number of ether oxygens (including phenoxy) is 3. The molecule has 3 saturated heterocycles. The second-order valence-corrected chi connectivity index (χ2v) is 12.4. The highest BCUT2D eigenvalue weighted by Crippen LogP contribution is 2.76. The minimum atomic E-state index is -1.82. The first-order valence-corrected chi connectivity index (χ1v) is 13.4. The van der Waals surface area contributed by atoms with Crippen LogP contribution in [-0.2, 0) is 28.6 Å². The molecule has 4 aliphatic heterocycles. The molecule has 0 bridgehead atoms. The summed E-state index contributed by atoms with van der Waals surface area (Å²) < 4.78 is 17.5. The highest BCUT2D eigenvalue weighted by atomic mass is 16.6. The number of carbonyl (C=O) groups excluding carboxylic acids is 4. The number of amides is 1. The lowest BCUT2D eigenvalue weighted by molar-refractivity contribution is -0.212. The second-order valence-electron chi connectivity index (χ2n) is 12.4. The standard InChI is InChI=1S/C29H31N3O8/c1-5-6-12-26(30-31-26)13-14-32-21(34)20(39-22(35)17-10-8-7-9-11-17)29-23(32)40-24(36)27(29)16-19(33)38-18(27)15-28(29,37)25(2,3)4/h1,7-11,18,20,23,37H,6,12-16H2,2-4H3/t18-,20-,23-,27-,28+,29+/m0/s1. The van der Waals surface area contributed by atoms with Gasteiger partial charge in [0.1, 0.15) is 16.9 Å². The number of hydrogen-bond donors (Lipinski definition) is 1. The first-order chi connectivity index (χ1) is 18.9. The zero-order valence-corrected chi connectivity index (χ0v) is 22.6. The van der Waals surface area contributed by atoms with Crippen LogP contribution in [0.25, 0.3) is 0 Å². The number of hydrogen-bond acceptors (Lipinski definition) is 10. The Kier molecular flexibility index (Phi) is 5.53. The fraction of sp³-hybridized carbons (Fsp3) is 0.586. The van der Waals surface area contributed by atoms with Crippen LogP contribution in [-0.4, -0.2) is 70.1 Å². The Bertz CT molecular complexity index is 1370. The van der Waals surface area contributed by atoms with Gasteiger partial charge in [-0.3, -0.25) is 14.4 Å². The molecule has 11 nitrogen and oxygen atoms in total. The van der Waals surface area contributed by atoms with Crippen molar-refractivity contribution < 1.29 is 38.5 Å². The number of rotatable bonds is 7. The Hall–Kier alpha value is -3.78. The predicted octanol–water partition coefficient (Wildman–Crippen LogP) is 2.37. The molecule has 1 aromatic rings.